The van der Waals surface area contributed by atoms with Gasteiger partial charge in [-0.1, -0.05) is 32.9 Å². The van der Waals surface area contributed by atoms with Crippen molar-refractivity contribution in [1.82, 2.24) is 4.90 Å². The highest BCUT2D eigenvalue weighted by Crippen LogP contribution is 2.27. The molecule has 106 valence electrons. The Morgan fingerprint density at radius 2 is 2.00 bits per heavy atom. The zero-order valence-electron chi connectivity index (χ0n) is 12.9. The van der Waals surface area contributed by atoms with Gasteiger partial charge in [-0.15, -0.1) is 0 Å². The van der Waals surface area contributed by atoms with Crippen molar-refractivity contribution in [1.29, 1.82) is 0 Å². The van der Waals surface area contributed by atoms with Crippen LogP contribution in [0.4, 0.5) is 0 Å². The Morgan fingerprint density at radius 1 is 1.26 bits per heavy atom. The highest BCUT2D eigenvalue weighted by Gasteiger charge is 2.25. The first-order valence-corrected chi connectivity index (χ1v) is 7.37. The fourth-order valence-electron chi connectivity index (χ4n) is 2.55. The first-order valence-electron chi connectivity index (χ1n) is 7.37. The smallest absolute Gasteiger partial charge is 0.120 e. The summed E-state index contributed by atoms with van der Waals surface area (Å²) < 4.78 is 6.15. The molecular formula is C17H27NO. The first-order chi connectivity index (χ1) is 8.86. The fourth-order valence-corrected chi connectivity index (χ4v) is 2.55. The van der Waals surface area contributed by atoms with Crippen LogP contribution < -0.4 is 4.74 Å². The van der Waals surface area contributed by atoms with Crippen molar-refractivity contribution in [2.45, 2.75) is 58.6 Å². The van der Waals surface area contributed by atoms with Gasteiger partial charge < -0.3 is 4.74 Å². The monoisotopic (exact) mass is 261 g/mol. The van der Waals surface area contributed by atoms with E-state index >= 15 is 0 Å². The molecule has 0 saturated carbocycles. The van der Waals surface area contributed by atoms with Gasteiger partial charge in [-0.25, -0.2) is 0 Å². The van der Waals surface area contributed by atoms with Gasteiger partial charge in [0.15, 0.2) is 0 Å². The first kappa shape index (κ1) is 14.4. The molecule has 1 heterocycles. The van der Waals surface area contributed by atoms with Crippen molar-refractivity contribution in [3.63, 3.8) is 0 Å². The minimum atomic E-state index is 0.180. The molecule has 2 rings (SSSR count). The van der Waals surface area contributed by atoms with Crippen LogP contribution in [-0.4, -0.2) is 30.1 Å². The molecule has 1 aliphatic heterocycles. The number of likely N-dealkylation sites (tertiary alicyclic amines) is 1. The summed E-state index contributed by atoms with van der Waals surface area (Å²) >= 11 is 0. The molecule has 2 heteroatoms. The molecule has 1 aromatic rings. The topological polar surface area (TPSA) is 12.5 Å². The second-order valence-electron chi connectivity index (χ2n) is 6.90. The second kappa shape index (κ2) is 5.54. The third-order valence-corrected chi connectivity index (χ3v) is 3.91. The molecule has 1 fully saturated rings. The minimum absolute atomic E-state index is 0.180. The van der Waals surface area contributed by atoms with E-state index in [1.807, 2.05) is 0 Å². The van der Waals surface area contributed by atoms with Gasteiger partial charge in [0.1, 0.15) is 11.9 Å². The maximum Gasteiger partial charge on any atom is 0.120 e. The van der Waals surface area contributed by atoms with Crippen LogP contribution in [0.2, 0.25) is 0 Å². The number of nitrogens with zero attached hydrogens (tertiary/aromatic N) is 1. The van der Waals surface area contributed by atoms with Gasteiger partial charge in [0, 0.05) is 19.1 Å². The van der Waals surface area contributed by atoms with Crippen molar-refractivity contribution < 1.29 is 4.74 Å². The van der Waals surface area contributed by atoms with Crippen molar-refractivity contribution in [2.75, 3.05) is 13.1 Å². The van der Waals surface area contributed by atoms with Crippen LogP contribution in [0.5, 0.6) is 5.75 Å². The molecule has 1 aromatic carbocycles. The average Bonchev–Trinajstić information content (AvgIpc) is 2.77. The van der Waals surface area contributed by atoms with Crippen molar-refractivity contribution in [3.8, 4) is 5.75 Å². The number of hydrogen-bond acceptors (Lipinski definition) is 2. The maximum absolute atomic E-state index is 6.15. The summed E-state index contributed by atoms with van der Waals surface area (Å²) in [5.41, 5.74) is 1.52. The summed E-state index contributed by atoms with van der Waals surface area (Å²) in [6.07, 6.45) is 1.48. The van der Waals surface area contributed by atoms with Crippen molar-refractivity contribution in [3.05, 3.63) is 29.8 Å². The molecule has 0 amide bonds. The Balaban J connectivity index is 2.01. The molecular weight excluding hydrogens is 234 g/mol. The zero-order chi connectivity index (χ0) is 14.0. The highest BCUT2D eigenvalue weighted by molar-refractivity contribution is 5.32. The molecule has 1 aliphatic rings. The predicted molar refractivity (Wildman–Crippen MR) is 80.9 cm³/mol. The third-order valence-electron chi connectivity index (χ3n) is 3.91. The van der Waals surface area contributed by atoms with Gasteiger partial charge in [0.05, 0.1) is 0 Å². The number of ether oxygens (including phenoxy) is 1. The van der Waals surface area contributed by atoms with Crippen LogP contribution in [-0.2, 0) is 5.41 Å². The number of rotatable bonds is 3. The fraction of sp³-hybridized carbons (Fsp3) is 0.647. The molecule has 1 atom stereocenters. The molecule has 0 aliphatic carbocycles. The molecule has 0 radical (unpaired) electrons. The van der Waals surface area contributed by atoms with E-state index < -0.39 is 0 Å². The van der Waals surface area contributed by atoms with Gasteiger partial charge in [-0.3, -0.25) is 4.90 Å². The van der Waals surface area contributed by atoms with E-state index in [0.29, 0.717) is 12.1 Å². The Hall–Kier alpha value is -1.02. The van der Waals surface area contributed by atoms with Crippen LogP contribution in [0, 0.1) is 0 Å². The van der Waals surface area contributed by atoms with Crippen LogP contribution in [0.1, 0.15) is 46.6 Å². The summed E-state index contributed by atoms with van der Waals surface area (Å²) in [6, 6.07) is 9.17. The number of hydrogen-bond donors (Lipinski definition) is 0. The Morgan fingerprint density at radius 3 is 2.58 bits per heavy atom. The molecule has 19 heavy (non-hydrogen) atoms. The standard InChI is InChI=1S/C17H27NO/c1-13(2)18-10-9-16(12-18)19-15-8-6-7-14(11-15)17(3,4)5/h6-8,11,13,16H,9-10,12H2,1-5H3. The molecule has 1 saturated heterocycles. The summed E-state index contributed by atoms with van der Waals surface area (Å²) in [5, 5.41) is 0. The van der Waals surface area contributed by atoms with Crippen LogP contribution in [0.3, 0.4) is 0 Å². The van der Waals surface area contributed by atoms with E-state index in [-0.39, 0.29) is 5.41 Å². The summed E-state index contributed by atoms with van der Waals surface area (Å²) in [5.74, 6) is 1.02. The molecule has 1 unspecified atom stereocenters. The molecule has 0 aromatic heterocycles. The lowest BCUT2D eigenvalue weighted by Gasteiger charge is -2.22. The number of benzene rings is 1. The normalized spacial score (nSPS) is 21.1. The second-order valence-corrected chi connectivity index (χ2v) is 6.90. The van der Waals surface area contributed by atoms with E-state index in [4.69, 9.17) is 4.74 Å². The lowest BCUT2D eigenvalue weighted by molar-refractivity contribution is 0.187. The zero-order valence-corrected chi connectivity index (χ0v) is 12.9. The highest BCUT2D eigenvalue weighted by atomic mass is 16.5. The molecule has 0 N–H and O–H groups in total. The lowest BCUT2D eigenvalue weighted by Crippen LogP contribution is -2.30. The SMILES string of the molecule is CC(C)N1CCC(Oc2cccc(C(C)(C)C)c2)C1. The van der Waals surface area contributed by atoms with E-state index in [9.17, 15) is 0 Å². The van der Waals surface area contributed by atoms with E-state index in [1.165, 1.54) is 5.56 Å². The maximum atomic E-state index is 6.15. The molecule has 0 bridgehead atoms. The molecule has 2 nitrogen and oxygen atoms in total. The van der Waals surface area contributed by atoms with Gasteiger partial charge in [0.25, 0.3) is 0 Å². The van der Waals surface area contributed by atoms with Gasteiger partial charge in [-0.2, -0.15) is 0 Å². The van der Waals surface area contributed by atoms with Crippen molar-refractivity contribution in [2.24, 2.45) is 0 Å². The average molecular weight is 261 g/mol. The van der Waals surface area contributed by atoms with Crippen LogP contribution in [0.25, 0.3) is 0 Å². The van der Waals surface area contributed by atoms with Crippen LogP contribution in [0.15, 0.2) is 24.3 Å². The Kier molecular flexibility index (Phi) is 4.19. The van der Waals surface area contributed by atoms with E-state index in [1.54, 1.807) is 0 Å². The van der Waals surface area contributed by atoms with E-state index in [0.717, 1.165) is 25.3 Å². The largest absolute Gasteiger partial charge is 0.489 e. The van der Waals surface area contributed by atoms with Gasteiger partial charge in [0.2, 0.25) is 0 Å². The quantitative estimate of drug-likeness (QED) is 0.819. The van der Waals surface area contributed by atoms with Gasteiger partial charge in [-0.05, 0) is 43.4 Å². The minimum Gasteiger partial charge on any atom is -0.489 e. The summed E-state index contributed by atoms with van der Waals surface area (Å²) in [7, 11) is 0. The van der Waals surface area contributed by atoms with Gasteiger partial charge >= 0.3 is 0 Å². The summed E-state index contributed by atoms with van der Waals surface area (Å²) in [6.45, 7) is 13.4. The molecule has 0 spiro atoms. The van der Waals surface area contributed by atoms with Crippen LogP contribution >= 0.6 is 0 Å². The van der Waals surface area contributed by atoms with E-state index in [2.05, 4.69) is 63.8 Å². The Labute approximate surface area is 117 Å². The predicted octanol–water partition coefficient (Wildman–Crippen LogP) is 3.85. The summed E-state index contributed by atoms with van der Waals surface area (Å²) in [4.78, 5) is 2.48. The van der Waals surface area contributed by atoms with Crippen molar-refractivity contribution >= 4 is 0 Å². The Bertz CT molecular complexity index is 420. The third kappa shape index (κ3) is 3.73. The lowest BCUT2D eigenvalue weighted by atomic mass is 9.87.